The normalized spacial score (nSPS) is 19.3. The highest BCUT2D eigenvalue weighted by Gasteiger charge is 2.24. The van der Waals surface area contributed by atoms with Crippen molar-refractivity contribution in [1.82, 2.24) is 9.88 Å². The highest BCUT2D eigenvalue weighted by molar-refractivity contribution is 7.22. The maximum absolute atomic E-state index is 12.4. The number of aromatic nitrogens is 1. The van der Waals surface area contributed by atoms with Crippen LogP contribution in [0.25, 0.3) is 10.2 Å². The number of piperazine rings is 1. The van der Waals surface area contributed by atoms with Crippen LogP contribution in [0, 0.1) is 5.92 Å². The zero-order valence-electron chi connectivity index (χ0n) is 14.1. The molecule has 0 spiro atoms. The van der Waals surface area contributed by atoms with Gasteiger partial charge < -0.3 is 9.80 Å². The Morgan fingerprint density at radius 2 is 1.88 bits per heavy atom. The molecule has 1 aromatic carbocycles. The molecule has 2 aromatic rings. The molecule has 2 aliphatic rings. The summed E-state index contributed by atoms with van der Waals surface area (Å²) in [6, 6.07) is 8.29. The lowest BCUT2D eigenvalue weighted by Crippen LogP contribution is -2.48. The Labute approximate surface area is 147 Å². The Morgan fingerprint density at radius 3 is 2.62 bits per heavy atom. The smallest absolute Gasteiger partial charge is 0.222 e. The zero-order chi connectivity index (χ0) is 16.4. The second-order valence-corrected chi connectivity index (χ2v) is 8.03. The molecule has 4 nitrogen and oxygen atoms in total. The van der Waals surface area contributed by atoms with E-state index in [9.17, 15) is 4.79 Å². The Hall–Kier alpha value is -1.62. The summed E-state index contributed by atoms with van der Waals surface area (Å²) < 4.78 is 1.24. The fourth-order valence-corrected chi connectivity index (χ4v) is 4.94. The Morgan fingerprint density at radius 1 is 1.12 bits per heavy atom. The van der Waals surface area contributed by atoms with Crippen molar-refractivity contribution >= 4 is 32.6 Å². The molecule has 128 valence electrons. The average molecular weight is 343 g/mol. The van der Waals surface area contributed by atoms with Crippen LogP contribution in [0.15, 0.2) is 24.3 Å². The van der Waals surface area contributed by atoms with Gasteiger partial charge in [-0.15, -0.1) is 0 Å². The monoisotopic (exact) mass is 343 g/mol. The van der Waals surface area contributed by atoms with Crippen LogP contribution < -0.4 is 4.90 Å². The van der Waals surface area contributed by atoms with Gasteiger partial charge in [0, 0.05) is 32.6 Å². The molecular weight excluding hydrogens is 318 g/mol. The number of carbonyl (C=O) groups is 1. The van der Waals surface area contributed by atoms with E-state index in [1.807, 2.05) is 6.07 Å². The molecule has 0 bridgehead atoms. The van der Waals surface area contributed by atoms with Crippen LogP contribution in [0.5, 0.6) is 0 Å². The first kappa shape index (κ1) is 15.9. The summed E-state index contributed by atoms with van der Waals surface area (Å²) in [5.41, 5.74) is 1.08. The number of benzene rings is 1. The molecule has 2 heterocycles. The van der Waals surface area contributed by atoms with E-state index in [1.54, 1.807) is 11.3 Å². The molecule has 0 atom stereocenters. The third kappa shape index (κ3) is 3.41. The molecule has 1 amide bonds. The number of hydrogen-bond donors (Lipinski definition) is 0. The fourth-order valence-electron chi connectivity index (χ4n) is 3.93. The lowest BCUT2D eigenvalue weighted by atomic mass is 10.0. The summed E-state index contributed by atoms with van der Waals surface area (Å²) in [6.07, 6.45) is 7.22. The highest BCUT2D eigenvalue weighted by atomic mass is 32.1. The Bertz CT molecular complexity index is 666. The number of hydrogen-bond acceptors (Lipinski definition) is 4. The number of anilines is 1. The number of nitrogens with zero attached hydrogens (tertiary/aromatic N) is 3. The van der Waals surface area contributed by atoms with E-state index >= 15 is 0 Å². The number of amides is 1. The molecule has 5 heteroatoms. The van der Waals surface area contributed by atoms with Gasteiger partial charge in [-0.2, -0.15) is 0 Å². The van der Waals surface area contributed by atoms with Gasteiger partial charge >= 0.3 is 0 Å². The molecule has 0 N–H and O–H groups in total. The molecule has 1 aromatic heterocycles. The molecule has 1 saturated carbocycles. The largest absolute Gasteiger partial charge is 0.345 e. The van der Waals surface area contributed by atoms with E-state index < -0.39 is 0 Å². The standard InChI is InChI=1S/C19H25N3OS/c23-18(10-9-15-5-1-2-6-15)21-11-13-22(14-12-21)19-20-16-7-3-4-8-17(16)24-19/h3-4,7-8,15H,1-2,5-6,9-14H2. The lowest BCUT2D eigenvalue weighted by molar-refractivity contribution is -0.131. The van der Waals surface area contributed by atoms with E-state index in [-0.39, 0.29) is 0 Å². The summed E-state index contributed by atoms with van der Waals surface area (Å²) in [4.78, 5) is 21.5. The van der Waals surface area contributed by atoms with E-state index in [1.165, 1.54) is 30.4 Å². The second-order valence-electron chi connectivity index (χ2n) is 7.02. The van der Waals surface area contributed by atoms with Crippen molar-refractivity contribution in [3.63, 3.8) is 0 Å². The summed E-state index contributed by atoms with van der Waals surface area (Å²) >= 11 is 1.75. The van der Waals surface area contributed by atoms with Crippen molar-refractivity contribution in [2.24, 2.45) is 5.92 Å². The maximum Gasteiger partial charge on any atom is 0.222 e. The first-order valence-corrected chi connectivity index (χ1v) is 9.99. The predicted octanol–water partition coefficient (Wildman–Crippen LogP) is 3.92. The van der Waals surface area contributed by atoms with Crippen LogP contribution in [-0.4, -0.2) is 42.0 Å². The molecule has 1 aliphatic carbocycles. The number of fused-ring (bicyclic) bond motifs is 1. The van der Waals surface area contributed by atoms with Gasteiger partial charge in [-0.25, -0.2) is 4.98 Å². The van der Waals surface area contributed by atoms with Gasteiger partial charge in [0.05, 0.1) is 10.2 Å². The van der Waals surface area contributed by atoms with Crippen LogP contribution in [0.2, 0.25) is 0 Å². The van der Waals surface area contributed by atoms with Crippen molar-refractivity contribution in [2.45, 2.75) is 38.5 Å². The minimum atomic E-state index is 0.353. The SMILES string of the molecule is O=C(CCC1CCCC1)N1CCN(c2nc3ccccc3s2)CC1. The summed E-state index contributed by atoms with van der Waals surface area (Å²) in [5.74, 6) is 1.16. The Kier molecular flexibility index (Phi) is 4.69. The second kappa shape index (κ2) is 7.09. The molecule has 4 rings (SSSR count). The van der Waals surface area contributed by atoms with Gasteiger partial charge in [-0.1, -0.05) is 49.2 Å². The maximum atomic E-state index is 12.4. The highest BCUT2D eigenvalue weighted by Crippen LogP contribution is 2.30. The number of carbonyl (C=O) groups excluding carboxylic acids is 1. The van der Waals surface area contributed by atoms with E-state index in [0.717, 1.165) is 55.6 Å². The Balaban J connectivity index is 1.30. The number of rotatable bonds is 4. The van der Waals surface area contributed by atoms with Crippen molar-refractivity contribution in [3.05, 3.63) is 24.3 Å². The summed E-state index contributed by atoms with van der Waals surface area (Å²) in [6.45, 7) is 3.46. The van der Waals surface area contributed by atoms with Crippen LogP contribution in [0.3, 0.4) is 0 Å². The molecule has 24 heavy (non-hydrogen) atoms. The molecule has 0 unspecified atom stereocenters. The minimum Gasteiger partial charge on any atom is -0.345 e. The quantitative estimate of drug-likeness (QED) is 0.844. The summed E-state index contributed by atoms with van der Waals surface area (Å²) in [7, 11) is 0. The van der Waals surface area contributed by atoms with Gasteiger partial charge in [0.1, 0.15) is 0 Å². The lowest BCUT2D eigenvalue weighted by Gasteiger charge is -2.34. The third-order valence-corrected chi connectivity index (χ3v) is 6.52. The van der Waals surface area contributed by atoms with Crippen LogP contribution >= 0.6 is 11.3 Å². The third-order valence-electron chi connectivity index (χ3n) is 5.43. The van der Waals surface area contributed by atoms with Crippen LogP contribution in [0.1, 0.15) is 38.5 Å². The number of para-hydroxylation sites is 1. The van der Waals surface area contributed by atoms with E-state index in [4.69, 9.17) is 4.98 Å². The first-order valence-electron chi connectivity index (χ1n) is 9.18. The number of thiazole rings is 1. The van der Waals surface area contributed by atoms with Gasteiger partial charge in [0.2, 0.25) is 5.91 Å². The molecule has 1 saturated heterocycles. The van der Waals surface area contributed by atoms with Crippen molar-refractivity contribution in [3.8, 4) is 0 Å². The first-order chi connectivity index (χ1) is 11.8. The molecule has 1 aliphatic heterocycles. The molecule has 0 radical (unpaired) electrons. The van der Waals surface area contributed by atoms with E-state index in [0.29, 0.717) is 5.91 Å². The van der Waals surface area contributed by atoms with Crippen molar-refractivity contribution < 1.29 is 4.79 Å². The topological polar surface area (TPSA) is 36.4 Å². The van der Waals surface area contributed by atoms with Crippen LogP contribution in [0.4, 0.5) is 5.13 Å². The van der Waals surface area contributed by atoms with E-state index in [2.05, 4.69) is 28.0 Å². The predicted molar refractivity (Wildman–Crippen MR) is 99.6 cm³/mol. The van der Waals surface area contributed by atoms with Crippen LogP contribution in [-0.2, 0) is 4.79 Å². The zero-order valence-corrected chi connectivity index (χ0v) is 14.9. The average Bonchev–Trinajstić information content (AvgIpc) is 3.29. The van der Waals surface area contributed by atoms with Gasteiger partial charge in [0.25, 0.3) is 0 Å². The van der Waals surface area contributed by atoms with Crippen molar-refractivity contribution in [1.29, 1.82) is 0 Å². The molecule has 2 fully saturated rings. The van der Waals surface area contributed by atoms with Crippen molar-refractivity contribution in [2.75, 3.05) is 31.1 Å². The van der Waals surface area contributed by atoms with Gasteiger partial charge in [0.15, 0.2) is 5.13 Å². The minimum absolute atomic E-state index is 0.353. The van der Waals surface area contributed by atoms with Gasteiger partial charge in [-0.05, 0) is 24.5 Å². The van der Waals surface area contributed by atoms with Gasteiger partial charge in [-0.3, -0.25) is 4.79 Å². The fraction of sp³-hybridized carbons (Fsp3) is 0.579. The molecular formula is C19H25N3OS. The summed E-state index contributed by atoms with van der Waals surface area (Å²) in [5, 5.41) is 1.09.